The number of methoxy groups -OCH3 is 1. The lowest BCUT2D eigenvalue weighted by molar-refractivity contribution is 0.408. The Labute approximate surface area is 113 Å². The van der Waals surface area contributed by atoms with Gasteiger partial charge in [-0.15, -0.1) is 0 Å². The smallest absolute Gasteiger partial charge is 0.144 e. The highest BCUT2D eigenvalue weighted by Crippen LogP contribution is 2.31. The van der Waals surface area contributed by atoms with Gasteiger partial charge in [-0.1, -0.05) is 0 Å². The van der Waals surface area contributed by atoms with Crippen LogP contribution in [0, 0.1) is 11.3 Å². The van der Waals surface area contributed by atoms with Crippen LogP contribution >= 0.6 is 15.9 Å². The maximum Gasteiger partial charge on any atom is 0.144 e. The first kappa shape index (κ1) is 12.4. The third-order valence-electron chi connectivity index (χ3n) is 2.21. The summed E-state index contributed by atoms with van der Waals surface area (Å²) in [6, 6.07) is 8.80. The Morgan fingerprint density at radius 3 is 2.72 bits per heavy atom. The van der Waals surface area contributed by atoms with Crippen LogP contribution in [0.15, 0.2) is 41.1 Å². The highest BCUT2D eigenvalue weighted by atomic mass is 79.9. The van der Waals surface area contributed by atoms with E-state index in [1.165, 1.54) is 0 Å². The van der Waals surface area contributed by atoms with Crippen molar-refractivity contribution in [3.63, 3.8) is 0 Å². The second-order valence-electron chi connectivity index (χ2n) is 3.42. The summed E-state index contributed by atoms with van der Waals surface area (Å²) in [5.41, 5.74) is 0.481. The van der Waals surface area contributed by atoms with E-state index in [0.717, 1.165) is 4.47 Å². The molecular weight excluding hydrogens is 296 g/mol. The Morgan fingerprint density at radius 1 is 1.28 bits per heavy atom. The summed E-state index contributed by atoms with van der Waals surface area (Å²) in [6.07, 6.45) is 3.27. The number of halogens is 1. The summed E-state index contributed by atoms with van der Waals surface area (Å²) in [4.78, 5) is 3.95. The molecule has 5 heteroatoms. The Balaban J connectivity index is 2.35. The van der Waals surface area contributed by atoms with Gasteiger partial charge in [-0.25, -0.2) is 0 Å². The number of rotatable bonds is 3. The fourth-order valence-corrected chi connectivity index (χ4v) is 1.72. The SMILES string of the molecule is COc1cc(C#N)cc(Oc2ccncc2Br)c1. The largest absolute Gasteiger partial charge is 0.497 e. The molecule has 0 radical (unpaired) electrons. The van der Waals surface area contributed by atoms with E-state index >= 15 is 0 Å². The van der Waals surface area contributed by atoms with Crippen LogP contribution in [0.1, 0.15) is 5.56 Å². The molecule has 0 bridgehead atoms. The van der Waals surface area contributed by atoms with E-state index in [0.29, 0.717) is 22.8 Å². The van der Waals surface area contributed by atoms with E-state index in [1.807, 2.05) is 0 Å². The zero-order valence-electron chi connectivity index (χ0n) is 9.55. The fourth-order valence-electron chi connectivity index (χ4n) is 1.39. The summed E-state index contributed by atoms with van der Waals surface area (Å²) in [7, 11) is 1.54. The molecule has 0 aliphatic heterocycles. The lowest BCUT2D eigenvalue weighted by atomic mass is 10.2. The van der Waals surface area contributed by atoms with Crippen molar-refractivity contribution in [2.45, 2.75) is 0 Å². The van der Waals surface area contributed by atoms with Gasteiger partial charge in [0.15, 0.2) is 0 Å². The zero-order valence-corrected chi connectivity index (χ0v) is 11.1. The minimum atomic E-state index is 0.481. The van der Waals surface area contributed by atoms with Crippen molar-refractivity contribution in [2.24, 2.45) is 0 Å². The van der Waals surface area contributed by atoms with Crippen LogP contribution in [-0.4, -0.2) is 12.1 Å². The van der Waals surface area contributed by atoms with Crippen LogP contribution in [-0.2, 0) is 0 Å². The molecule has 0 unspecified atom stereocenters. The number of hydrogen-bond acceptors (Lipinski definition) is 4. The van der Waals surface area contributed by atoms with Crippen molar-refractivity contribution in [3.05, 3.63) is 46.7 Å². The van der Waals surface area contributed by atoms with Gasteiger partial charge in [-0.2, -0.15) is 5.26 Å². The Bertz CT molecular complexity index is 608. The number of benzene rings is 1. The van der Waals surface area contributed by atoms with Gasteiger partial charge in [-0.3, -0.25) is 4.98 Å². The van der Waals surface area contributed by atoms with Gasteiger partial charge in [0.2, 0.25) is 0 Å². The molecule has 0 saturated carbocycles. The lowest BCUT2D eigenvalue weighted by Gasteiger charge is -2.09. The van der Waals surface area contributed by atoms with Crippen molar-refractivity contribution in [2.75, 3.05) is 7.11 Å². The van der Waals surface area contributed by atoms with Gasteiger partial charge in [0.05, 0.1) is 23.2 Å². The molecular formula is C13H9BrN2O2. The molecule has 0 atom stereocenters. The molecule has 1 aromatic heterocycles. The number of pyridine rings is 1. The van der Waals surface area contributed by atoms with Crippen molar-refractivity contribution < 1.29 is 9.47 Å². The number of ether oxygens (including phenoxy) is 2. The fraction of sp³-hybridized carbons (Fsp3) is 0.0769. The third-order valence-corrected chi connectivity index (χ3v) is 2.80. The zero-order chi connectivity index (χ0) is 13.0. The molecule has 2 aromatic rings. The average Bonchev–Trinajstić information content (AvgIpc) is 2.41. The summed E-state index contributed by atoms with van der Waals surface area (Å²) in [5.74, 6) is 1.74. The Kier molecular flexibility index (Phi) is 3.80. The molecule has 0 N–H and O–H groups in total. The monoisotopic (exact) mass is 304 g/mol. The molecule has 90 valence electrons. The van der Waals surface area contributed by atoms with Crippen molar-refractivity contribution in [1.82, 2.24) is 4.98 Å². The molecule has 18 heavy (non-hydrogen) atoms. The van der Waals surface area contributed by atoms with Gasteiger partial charge in [0.1, 0.15) is 17.2 Å². The quantitative estimate of drug-likeness (QED) is 0.870. The van der Waals surface area contributed by atoms with Gasteiger partial charge >= 0.3 is 0 Å². The van der Waals surface area contributed by atoms with Crippen LogP contribution in [0.4, 0.5) is 0 Å². The molecule has 0 aliphatic rings. The van der Waals surface area contributed by atoms with Gasteiger partial charge in [0, 0.05) is 24.5 Å². The van der Waals surface area contributed by atoms with E-state index < -0.39 is 0 Å². The van der Waals surface area contributed by atoms with E-state index in [9.17, 15) is 0 Å². The molecule has 0 fully saturated rings. The topological polar surface area (TPSA) is 55.1 Å². The van der Waals surface area contributed by atoms with Crippen molar-refractivity contribution in [1.29, 1.82) is 5.26 Å². The second kappa shape index (κ2) is 5.52. The van der Waals surface area contributed by atoms with Crippen LogP contribution in [0.25, 0.3) is 0 Å². The number of nitrogens with zero attached hydrogens (tertiary/aromatic N) is 2. The van der Waals surface area contributed by atoms with E-state index in [2.05, 4.69) is 27.0 Å². The first-order chi connectivity index (χ1) is 8.72. The second-order valence-corrected chi connectivity index (χ2v) is 4.27. The van der Waals surface area contributed by atoms with Crippen molar-refractivity contribution in [3.8, 4) is 23.3 Å². The third kappa shape index (κ3) is 2.79. The molecule has 0 saturated heterocycles. The molecule has 0 aliphatic carbocycles. The summed E-state index contributed by atoms with van der Waals surface area (Å²) in [5, 5.41) is 8.92. The van der Waals surface area contributed by atoms with Gasteiger partial charge < -0.3 is 9.47 Å². The minimum absolute atomic E-state index is 0.481. The standard InChI is InChI=1S/C13H9BrN2O2/c1-17-10-4-9(7-15)5-11(6-10)18-13-2-3-16-8-12(13)14/h2-6,8H,1H3. The first-order valence-electron chi connectivity index (χ1n) is 5.09. The van der Waals surface area contributed by atoms with Crippen molar-refractivity contribution >= 4 is 15.9 Å². The van der Waals surface area contributed by atoms with Gasteiger partial charge in [0.25, 0.3) is 0 Å². The normalized spacial score (nSPS) is 9.61. The lowest BCUT2D eigenvalue weighted by Crippen LogP contribution is -1.90. The summed E-state index contributed by atoms with van der Waals surface area (Å²) >= 11 is 3.34. The molecule has 0 amide bonds. The van der Waals surface area contributed by atoms with Gasteiger partial charge in [-0.05, 0) is 28.1 Å². The Hall–Kier alpha value is -2.06. The molecule has 2 rings (SSSR count). The molecule has 1 aromatic carbocycles. The average molecular weight is 305 g/mol. The maximum atomic E-state index is 8.92. The van der Waals surface area contributed by atoms with E-state index in [-0.39, 0.29) is 0 Å². The molecule has 4 nitrogen and oxygen atoms in total. The first-order valence-corrected chi connectivity index (χ1v) is 5.89. The number of hydrogen-bond donors (Lipinski definition) is 0. The predicted molar refractivity (Wildman–Crippen MR) is 69.7 cm³/mol. The molecule has 0 spiro atoms. The highest BCUT2D eigenvalue weighted by molar-refractivity contribution is 9.10. The number of aromatic nitrogens is 1. The van der Waals surface area contributed by atoms with Crippen LogP contribution in [0.5, 0.6) is 17.2 Å². The summed E-state index contributed by atoms with van der Waals surface area (Å²) in [6.45, 7) is 0. The summed E-state index contributed by atoms with van der Waals surface area (Å²) < 4.78 is 11.5. The minimum Gasteiger partial charge on any atom is -0.497 e. The Morgan fingerprint density at radius 2 is 2.06 bits per heavy atom. The van der Waals surface area contributed by atoms with E-state index in [1.54, 1.807) is 43.8 Å². The highest BCUT2D eigenvalue weighted by Gasteiger charge is 2.06. The number of nitriles is 1. The van der Waals surface area contributed by atoms with Crippen LogP contribution in [0.3, 0.4) is 0 Å². The molecule has 1 heterocycles. The maximum absolute atomic E-state index is 8.92. The predicted octanol–water partition coefficient (Wildman–Crippen LogP) is 3.52. The van der Waals surface area contributed by atoms with Crippen LogP contribution in [0.2, 0.25) is 0 Å². The van der Waals surface area contributed by atoms with E-state index in [4.69, 9.17) is 14.7 Å². The van der Waals surface area contributed by atoms with Crippen LogP contribution < -0.4 is 9.47 Å².